The van der Waals surface area contributed by atoms with Crippen molar-refractivity contribution in [2.45, 2.75) is 65.1 Å². The number of nitrogens with two attached hydrogens (primary N) is 1. The van der Waals surface area contributed by atoms with E-state index in [9.17, 15) is 0 Å². The second kappa shape index (κ2) is 5.71. The van der Waals surface area contributed by atoms with E-state index < -0.39 is 0 Å². The first-order valence-corrected chi connectivity index (χ1v) is 7.99. The van der Waals surface area contributed by atoms with E-state index in [1.165, 1.54) is 38.9 Å². The molecule has 3 nitrogen and oxygen atoms in total. The van der Waals surface area contributed by atoms with Crippen molar-refractivity contribution in [3.63, 3.8) is 0 Å². The monoisotopic (exact) mass is 267 g/mol. The lowest BCUT2D eigenvalue weighted by atomic mass is 9.69. The molecule has 1 heterocycles. The van der Waals surface area contributed by atoms with Gasteiger partial charge in [0.25, 0.3) is 0 Å². The maximum atomic E-state index is 6.46. The van der Waals surface area contributed by atoms with Crippen LogP contribution in [0, 0.1) is 11.3 Å². The summed E-state index contributed by atoms with van der Waals surface area (Å²) in [5.74, 6) is 0.823. The highest BCUT2D eigenvalue weighted by molar-refractivity contribution is 4.95. The van der Waals surface area contributed by atoms with Gasteiger partial charge in [-0.15, -0.1) is 0 Å². The van der Waals surface area contributed by atoms with E-state index in [1.807, 2.05) is 0 Å². The fraction of sp³-hybridized carbons (Fsp3) is 1.00. The average molecular weight is 267 g/mol. The molecule has 1 saturated heterocycles. The Balaban J connectivity index is 2.04. The minimum Gasteiger partial charge on any atom is -0.326 e. The molecule has 1 saturated carbocycles. The standard InChI is InChI=1S/C16H33N3/c1-12-11-18(5)8-9-19(12)15-10-13(16(2,3)4)6-7-14(15)17/h12-15H,6-11,17H2,1-5H3. The molecule has 0 aromatic carbocycles. The number of nitrogens with zero attached hydrogens (tertiary/aromatic N) is 2. The summed E-state index contributed by atoms with van der Waals surface area (Å²) < 4.78 is 0. The minimum atomic E-state index is 0.379. The number of likely N-dealkylation sites (N-methyl/N-ethyl adjacent to an activating group) is 1. The molecule has 3 heteroatoms. The molecule has 19 heavy (non-hydrogen) atoms. The Morgan fingerprint density at radius 1 is 1.11 bits per heavy atom. The molecule has 1 aliphatic heterocycles. The van der Waals surface area contributed by atoms with Crippen LogP contribution in [0.25, 0.3) is 0 Å². The number of hydrogen-bond acceptors (Lipinski definition) is 3. The summed E-state index contributed by atoms with van der Waals surface area (Å²) in [7, 11) is 2.23. The van der Waals surface area contributed by atoms with Gasteiger partial charge in [0.2, 0.25) is 0 Å². The molecule has 2 rings (SSSR count). The van der Waals surface area contributed by atoms with Gasteiger partial charge in [0.1, 0.15) is 0 Å². The van der Waals surface area contributed by atoms with Crippen molar-refractivity contribution in [1.29, 1.82) is 0 Å². The van der Waals surface area contributed by atoms with Gasteiger partial charge < -0.3 is 10.6 Å². The Bertz CT molecular complexity index is 297. The van der Waals surface area contributed by atoms with Crippen molar-refractivity contribution in [2.24, 2.45) is 17.1 Å². The van der Waals surface area contributed by atoms with Crippen LogP contribution in [0.2, 0.25) is 0 Å². The summed E-state index contributed by atoms with van der Waals surface area (Å²) in [5, 5.41) is 0. The molecule has 2 aliphatic rings. The quantitative estimate of drug-likeness (QED) is 0.790. The second-order valence-electron chi connectivity index (χ2n) is 7.96. The van der Waals surface area contributed by atoms with E-state index in [4.69, 9.17) is 5.73 Å². The Morgan fingerprint density at radius 3 is 2.37 bits per heavy atom. The van der Waals surface area contributed by atoms with Crippen molar-refractivity contribution < 1.29 is 0 Å². The van der Waals surface area contributed by atoms with Gasteiger partial charge in [-0.1, -0.05) is 20.8 Å². The molecule has 0 radical (unpaired) electrons. The van der Waals surface area contributed by atoms with Gasteiger partial charge in [0.15, 0.2) is 0 Å². The summed E-state index contributed by atoms with van der Waals surface area (Å²) in [6.07, 6.45) is 3.80. The Morgan fingerprint density at radius 2 is 1.79 bits per heavy atom. The lowest BCUT2D eigenvalue weighted by Crippen LogP contribution is -2.60. The zero-order valence-corrected chi connectivity index (χ0v) is 13.5. The Hall–Kier alpha value is -0.120. The zero-order valence-electron chi connectivity index (χ0n) is 13.5. The topological polar surface area (TPSA) is 32.5 Å². The zero-order chi connectivity index (χ0) is 14.2. The predicted molar refractivity (Wildman–Crippen MR) is 82.2 cm³/mol. The summed E-state index contributed by atoms with van der Waals surface area (Å²) in [6.45, 7) is 13.1. The smallest absolute Gasteiger partial charge is 0.0253 e. The highest BCUT2D eigenvalue weighted by Gasteiger charge is 2.39. The van der Waals surface area contributed by atoms with Crippen molar-refractivity contribution in [3.05, 3.63) is 0 Å². The van der Waals surface area contributed by atoms with E-state index in [-0.39, 0.29) is 0 Å². The van der Waals surface area contributed by atoms with E-state index in [2.05, 4.69) is 44.5 Å². The lowest BCUT2D eigenvalue weighted by Gasteiger charge is -2.49. The minimum absolute atomic E-state index is 0.379. The summed E-state index contributed by atoms with van der Waals surface area (Å²) in [4.78, 5) is 5.14. The maximum absolute atomic E-state index is 6.46. The van der Waals surface area contributed by atoms with Crippen LogP contribution in [0.3, 0.4) is 0 Å². The van der Waals surface area contributed by atoms with E-state index >= 15 is 0 Å². The van der Waals surface area contributed by atoms with Crippen molar-refractivity contribution >= 4 is 0 Å². The molecular formula is C16H33N3. The number of rotatable bonds is 1. The first-order valence-electron chi connectivity index (χ1n) is 7.99. The highest BCUT2D eigenvalue weighted by Crippen LogP contribution is 2.39. The van der Waals surface area contributed by atoms with Gasteiger partial charge in [0.05, 0.1) is 0 Å². The molecule has 0 bridgehead atoms. The number of hydrogen-bond donors (Lipinski definition) is 1. The van der Waals surface area contributed by atoms with Gasteiger partial charge in [-0.05, 0) is 44.6 Å². The van der Waals surface area contributed by atoms with Crippen LogP contribution in [0.5, 0.6) is 0 Å². The van der Waals surface area contributed by atoms with Crippen LogP contribution in [0.1, 0.15) is 47.0 Å². The van der Waals surface area contributed by atoms with E-state index in [0.717, 1.165) is 5.92 Å². The molecule has 2 fully saturated rings. The third-order valence-corrected chi connectivity index (χ3v) is 5.40. The second-order valence-corrected chi connectivity index (χ2v) is 7.96. The van der Waals surface area contributed by atoms with E-state index in [1.54, 1.807) is 0 Å². The molecule has 4 unspecified atom stereocenters. The van der Waals surface area contributed by atoms with E-state index in [0.29, 0.717) is 23.5 Å². The molecule has 0 aromatic rings. The van der Waals surface area contributed by atoms with Gasteiger partial charge in [-0.25, -0.2) is 0 Å². The molecule has 112 valence electrons. The fourth-order valence-electron chi connectivity index (χ4n) is 3.98. The Kier molecular flexibility index (Phi) is 4.59. The molecule has 0 aromatic heterocycles. The van der Waals surface area contributed by atoms with Crippen LogP contribution in [-0.4, -0.2) is 54.6 Å². The molecular weight excluding hydrogens is 234 g/mol. The normalized spacial score (nSPS) is 39.5. The molecule has 0 spiro atoms. The first-order chi connectivity index (χ1) is 8.79. The third-order valence-electron chi connectivity index (χ3n) is 5.40. The molecule has 0 amide bonds. The number of piperazine rings is 1. The molecule has 1 aliphatic carbocycles. The highest BCUT2D eigenvalue weighted by atomic mass is 15.3. The van der Waals surface area contributed by atoms with Gasteiger partial charge >= 0.3 is 0 Å². The van der Waals surface area contributed by atoms with Crippen LogP contribution in [-0.2, 0) is 0 Å². The maximum Gasteiger partial charge on any atom is 0.0253 e. The first kappa shape index (κ1) is 15.3. The molecule has 2 N–H and O–H groups in total. The average Bonchev–Trinajstić information content (AvgIpc) is 2.29. The fourth-order valence-corrected chi connectivity index (χ4v) is 3.98. The summed E-state index contributed by atoms with van der Waals surface area (Å²) >= 11 is 0. The lowest BCUT2D eigenvalue weighted by molar-refractivity contribution is 0.00963. The van der Waals surface area contributed by atoms with Gasteiger partial charge in [-0.2, -0.15) is 0 Å². The summed E-state index contributed by atoms with van der Waals surface area (Å²) in [5.41, 5.74) is 6.88. The van der Waals surface area contributed by atoms with Crippen molar-refractivity contribution in [1.82, 2.24) is 9.80 Å². The Labute approximate surface area is 119 Å². The third kappa shape index (κ3) is 3.50. The summed E-state index contributed by atoms with van der Waals surface area (Å²) in [6, 6.07) is 1.62. The van der Waals surface area contributed by atoms with Crippen LogP contribution in [0.15, 0.2) is 0 Å². The predicted octanol–water partition coefficient (Wildman–Crippen LogP) is 2.16. The van der Waals surface area contributed by atoms with Gasteiger partial charge in [0, 0.05) is 37.8 Å². The largest absolute Gasteiger partial charge is 0.326 e. The van der Waals surface area contributed by atoms with Crippen molar-refractivity contribution in [3.8, 4) is 0 Å². The van der Waals surface area contributed by atoms with Crippen LogP contribution in [0.4, 0.5) is 0 Å². The molecule has 4 atom stereocenters. The van der Waals surface area contributed by atoms with Crippen LogP contribution < -0.4 is 5.73 Å². The van der Waals surface area contributed by atoms with Crippen molar-refractivity contribution in [2.75, 3.05) is 26.7 Å². The van der Waals surface area contributed by atoms with Crippen LogP contribution >= 0.6 is 0 Å². The SMILES string of the molecule is CC1CN(C)CCN1C1CC(C(C)(C)C)CCC1N. The van der Waals surface area contributed by atoms with Gasteiger partial charge in [-0.3, -0.25) is 4.90 Å².